The van der Waals surface area contributed by atoms with Crippen molar-refractivity contribution < 1.29 is 46.6 Å². The summed E-state index contributed by atoms with van der Waals surface area (Å²) in [4.78, 5) is 50.0. The zero-order valence-electron chi connectivity index (χ0n) is 16.2. The van der Waals surface area contributed by atoms with Crippen molar-refractivity contribution in [1.82, 2.24) is 0 Å². The standard InChI is InChI=1S/C20H16F3NO7/c1-9(25)29-18(30-10(2)26)19-8-7-13(31-19)14-15(19)17(28)24(16(14)27)12-6-4-3-5-11(12)20(21,22)23/h3-8,13-15,18H,1-2H3/t13-,14-,15-,19+/m1/s1. The first-order chi connectivity index (χ1) is 14.5. The number of anilines is 1. The number of hydrogen-bond donors (Lipinski definition) is 0. The van der Waals surface area contributed by atoms with E-state index in [4.69, 9.17) is 14.2 Å². The van der Waals surface area contributed by atoms with E-state index in [2.05, 4.69) is 0 Å². The van der Waals surface area contributed by atoms with E-state index in [0.717, 1.165) is 32.0 Å². The van der Waals surface area contributed by atoms with Gasteiger partial charge in [0.05, 0.1) is 29.2 Å². The van der Waals surface area contributed by atoms with Crippen molar-refractivity contribution in [3.8, 4) is 0 Å². The Bertz CT molecular complexity index is 1000. The van der Waals surface area contributed by atoms with Gasteiger partial charge < -0.3 is 14.2 Å². The minimum Gasteiger partial charge on any atom is -0.422 e. The number of hydrogen-bond acceptors (Lipinski definition) is 7. The van der Waals surface area contributed by atoms with E-state index in [0.29, 0.717) is 4.90 Å². The first-order valence-corrected chi connectivity index (χ1v) is 9.23. The highest BCUT2D eigenvalue weighted by molar-refractivity contribution is 6.23. The van der Waals surface area contributed by atoms with Crippen LogP contribution in [0.3, 0.4) is 0 Å². The molecular formula is C20H16F3NO7. The lowest BCUT2D eigenvalue weighted by atomic mass is 9.76. The molecule has 0 saturated carbocycles. The number of fused-ring (bicyclic) bond motifs is 5. The summed E-state index contributed by atoms with van der Waals surface area (Å²) in [7, 11) is 0. The molecule has 2 fully saturated rings. The first-order valence-electron chi connectivity index (χ1n) is 9.23. The summed E-state index contributed by atoms with van der Waals surface area (Å²) < 4.78 is 56.4. The van der Waals surface area contributed by atoms with Crippen LogP contribution in [0.15, 0.2) is 36.4 Å². The summed E-state index contributed by atoms with van der Waals surface area (Å²) in [5.74, 6) is -6.05. The van der Waals surface area contributed by atoms with Crippen LogP contribution in [0.5, 0.6) is 0 Å². The van der Waals surface area contributed by atoms with E-state index in [-0.39, 0.29) is 0 Å². The Morgan fingerprint density at radius 3 is 2.29 bits per heavy atom. The monoisotopic (exact) mass is 439 g/mol. The quantitative estimate of drug-likeness (QED) is 0.306. The zero-order chi connectivity index (χ0) is 22.7. The normalized spacial score (nSPS) is 29.0. The highest BCUT2D eigenvalue weighted by Crippen LogP contribution is 2.55. The fourth-order valence-corrected chi connectivity index (χ4v) is 4.36. The Balaban J connectivity index is 1.79. The Morgan fingerprint density at radius 1 is 1.10 bits per heavy atom. The molecule has 8 nitrogen and oxygen atoms in total. The molecule has 1 aromatic carbocycles. The maximum atomic E-state index is 13.5. The maximum Gasteiger partial charge on any atom is 0.418 e. The molecule has 11 heteroatoms. The first kappa shape index (κ1) is 21.0. The van der Waals surface area contributed by atoms with Gasteiger partial charge in [-0.15, -0.1) is 0 Å². The molecule has 3 aliphatic heterocycles. The molecule has 2 saturated heterocycles. The maximum absolute atomic E-state index is 13.5. The van der Waals surface area contributed by atoms with Crippen molar-refractivity contribution >= 4 is 29.4 Å². The summed E-state index contributed by atoms with van der Waals surface area (Å²) in [6, 6.07) is 4.21. The Hall–Kier alpha value is -3.21. The Kier molecular flexibility index (Phi) is 4.69. The number of amides is 2. The SMILES string of the molecule is CC(=O)OC(OC(C)=O)[C@@]12C=C[C@@H](O1)[C@H]1C(=O)N(c3ccccc3C(F)(F)F)C(=O)[C@@H]12. The highest BCUT2D eigenvalue weighted by atomic mass is 19.4. The molecule has 0 radical (unpaired) electrons. The van der Waals surface area contributed by atoms with Crippen LogP contribution in [0.25, 0.3) is 0 Å². The number of rotatable bonds is 4. The van der Waals surface area contributed by atoms with Gasteiger partial charge >= 0.3 is 18.1 Å². The van der Waals surface area contributed by atoms with Crippen LogP contribution >= 0.6 is 0 Å². The average Bonchev–Trinajstić information content (AvgIpc) is 3.31. The third kappa shape index (κ3) is 3.11. The third-order valence-electron chi connectivity index (χ3n) is 5.44. The van der Waals surface area contributed by atoms with E-state index in [1.165, 1.54) is 18.2 Å². The molecule has 4 atom stereocenters. The number of carbonyl (C=O) groups excluding carboxylic acids is 4. The van der Waals surface area contributed by atoms with Crippen molar-refractivity contribution in [3.63, 3.8) is 0 Å². The van der Waals surface area contributed by atoms with Crippen LogP contribution < -0.4 is 4.90 Å². The number of nitrogens with zero attached hydrogens (tertiary/aromatic N) is 1. The molecule has 3 aliphatic rings. The molecule has 0 aliphatic carbocycles. The lowest BCUT2D eigenvalue weighted by Gasteiger charge is -2.34. The number of alkyl halides is 3. The molecule has 0 aromatic heterocycles. The zero-order valence-corrected chi connectivity index (χ0v) is 16.2. The molecule has 1 aromatic rings. The highest BCUT2D eigenvalue weighted by Gasteiger charge is 2.72. The molecule has 2 amide bonds. The van der Waals surface area contributed by atoms with Crippen LogP contribution in [-0.2, 0) is 39.6 Å². The van der Waals surface area contributed by atoms with Gasteiger partial charge in [-0.2, -0.15) is 13.2 Å². The van der Waals surface area contributed by atoms with Crippen LogP contribution in [0, 0.1) is 11.8 Å². The van der Waals surface area contributed by atoms with Gasteiger partial charge in [-0.1, -0.05) is 18.2 Å². The van der Waals surface area contributed by atoms with E-state index in [9.17, 15) is 32.3 Å². The number of benzene rings is 1. The minimum atomic E-state index is -4.81. The Labute approximate surface area is 173 Å². The second-order valence-corrected chi connectivity index (χ2v) is 7.38. The fraction of sp³-hybridized carbons (Fsp3) is 0.400. The van der Waals surface area contributed by atoms with E-state index in [1.807, 2.05) is 0 Å². The molecule has 0 spiro atoms. The lowest BCUT2D eigenvalue weighted by molar-refractivity contribution is -0.226. The summed E-state index contributed by atoms with van der Waals surface area (Å²) in [5.41, 5.74) is -3.59. The fourth-order valence-electron chi connectivity index (χ4n) is 4.36. The van der Waals surface area contributed by atoms with Crippen LogP contribution in [0.2, 0.25) is 0 Å². The van der Waals surface area contributed by atoms with Gasteiger partial charge in [0.25, 0.3) is 6.29 Å². The molecular weight excluding hydrogens is 423 g/mol. The van der Waals surface area contributed by atoms with Crippen molar-refractivity contribution in [3.05, 3.63) is 42.0 Å². The second kappa shape index (κ2) is 6.91. The summed E-state index contributed by atoms with van der Waals surface area (Å²) in [6.45, 7) is 2.09. The van der Waals surface area contributed by atoms with E-state index >= 15 is 0 Å². The molecule has 3 heterocycles. The van der Waals surface area contributed by atoms with Gasteiger partial charge in [0.2, 0.25) is 11.8 Å². The predicted octanol–water partition coefficient (Wildman–Crippen LogP) is 1.97. The van der Waals surface area contributed by atoms with Crippen LogP contribution in [0.4, 0.5) is 18.9 Å². The van der Waals surface area contributed by atoms with Gasteiger partial charge in [-0.25, -0.2) is 4.90 Å². The predicted molar refractivity (Wildman–Crippen MR) is 95.0 cm³/mol. The Morgan fingerprint density at radius 2 is 1.71 bits per heavy atom. The van der Waals surface area contributed by atoms with Crippen molar-refractivity contribution in [2.24, 2.45) is 11.8 Å². The van der Waals surface area contributed by atoms with Crippen LogP contribution in [-0.4, -0.2) is 41.7 Å². The number of esters is 2. The third-order valence-corrected chi connectivity index (χ3v) is 5.44. The molecule has 31 heavy (non-hydrogen) atoms. The van der Waals surface area contributed by atoms with Gasteiger partial charge in [-0.3, -0.25) is 19.2 Å². The minimum absolute atomic E-state index is 0.480. The molecule has 0 unspecified atom stereocenters. The van der Waals surface area contributed by atoms with Crippen LogP contribution in [0.1, 0.15) is 19.4 Å². The number of ether oxygens (including phenoxy) is 3. The molecule has 2 bridgehead atoms. The molecule has 4 rings (SSSR count). The lowest BCUT2D eigenvalue weighted by Crippen LogP contribution is -2.52. The van der Waals surface area contributed by atoms with Crippen molar-refractivity contribution in [2.45, 2.75) is 38.0 Å². The number of imide groups is 1. The van der Waals surface area contributed by atoms with E-state index < -0.39 is 71.0 Å². The summed E-state index contributed by atoms with van der Waals surface area (Å²) >= 11 is 0. The molecule has 0 N–H and O–H groups in total. The topological polar surface area (TPSA) is 99.2 Å². The van der Waals surface area contributed by atoms with Crippen molar-refractivity contribution in [1.29, 1.82) is 0 Å². The van der Waals surface area contributed by atoms with E-state index in [1.54, 1.807) is 0 Å². The van der Waals surface area contributed by atoms with Gasteiger partial charge in [0.1, 0.15) is 0 Å². The number of carbonyl (C=O) groups is 4. The second-order valence-electron chi connectivity index (χ2n) is 7.38. The average molecular weight is 439 g/mol. The largest absolute Gasteiger partial charge is 0.422 e. The van der Waals surface area contributed by atoms with Gasteiger partial charge in [0.15, 0.2) is 5.60 Å². The number of halogens is 3. The summed E-state index contributed by atoms with van der Waals surface area (Å²) in [6.07, 6.45) is -4.69. The van der Waals surface area contributed by atoms with Gasteiger partial charge in [0, 0.05) is 13.8 Å². The number of para-hydroxylation sites is 1. The smallest absolute Gasteiger partial charge is 0.418 e. The molecule has 164 valence electrons. The van der Waals surface area contributed by atoms with Gasteiger partial charge in [-0.05, 0) is 18.2 Å². The summed E-state index contributed by atoms with van der Waals surface area (Å²) in [5, 5.41) is 0. The van der Waals surface area contributed by atoms with Crippen molar-refractivity contribution in [2.75, 3.05) is 4.90 Å².